The molecule has 1 N–H and O–H groups in total. The van der Waals surface area contributed by atoms with Gasteiger partial charge in [-0.3, -0.25) is 0 Å². The van der Waals surface area contributed by atoms with Crippen LogP contribution in [0.2, 0.25) is 5.02 Å². The van der Waals surface area contributed by atoms with Gasteiger partial charge in [0.1, 0.15) is 15.7 Å². The molecule has 0 saturated heterocycles. The fourth-order valence-electron chi connectivity index (χ4n) is 1.79. The number of hydrogen-bond acceptors (Lipinski definition) is 3. The summed E-state index contributed by atoms with van der Waals surface area (Å²) in [5.74, 6) is -0.231. The van der Waals surface area contributed by atoms with Crippen LogP contribution >= 0.6 is 11.6 Å². The van der Waals surface area contributed by atoms with Crippen LogP contribution in [0.15, 0.2) is 18.2 Å². The van der Waals surface area contributed by atoms with E-state index in [4.69, 9.17) is 11.6 Å². The molecule has 1 unspecified atom stereocenters. The number of hydrogen-bond donors (Lipinski definition) is 1. The van der Waals surface area contributed by atoms with Gasteiger partial charge in [0.25, 0.3) is 0 Å². The van der Waals surface area contributed by atoms with Gasteiger partial charge >= 0.3 is 0 Å². The van der Waals surface area contributed by atoms with Gasteiger partial charge in [-0.25, -0.2) is 12.8 Å². The smallest absolute Gasteiger partial charge is 0.147 e. The van der Waals surface area contributed by atoms with Crippen LogP contribution in [0.25, 0.3) is 0 Å². The zero-order valence-corrected chi connectivity index (χ0v) is 12.0. The molecule has 0 aromatic heterocycles. The zero-order valence-electron chi connectivity index (χ0n) is 10.4. The molecule has 0 spiro atoms. The van der Waals surface area contributed by atoms with Crippen LogP contribution in [0.3, 0.4) is 0 Å². The molecule has 0 bridgehead atoms. The van der Waals surface area contributed by atoms with E-state index in [1.165, 1.54) is 18.4 Å². The SMILES string of the molecule is CNC(CCCS(C)(=O)=O)c1cc(Cl)ccc1F. The highest BCUT2D eigenvalue weighted by Crippen LogP contribution is 2.24. The van der Waals surface area contributed by atoms with Crippen molar-refractivity contribution in [2.24, 2.45) is 0 Å². The molecule has 1 aromatic carbocycles. The highest BCUT2D eigenvalue weighted by Gasteiger charge is 2.15. The lowest BCUT2D eigenvalue weighted by Gasteiger charge is -2.17. The molecule has 0 saturated carbocycles. The van der Waals surface area contributed by atoms with Crippen molar-refractivity contribution in [3.05, 3.63) is 34.6 Å². The van der Waals surface area contributed by atoms with Crippen molar-refractivity contribution >= 4 is 21.4 Å². The van der Waals surface area contributed by atoms with Crippen molar-refractivity contribution in [2.45, 2.75) is 18.9 Å². The van der Waals surface area contributed by atoms with E-state index in [9.17, 15) is 12.8 Å². The first-order chi connectivity index (χ1) is 8.33. The van der Waals surface area contributed by atoms with Gasteiger partial charge < -0.3 is 5.32 Å². The van der Waals surface area contributed by atoms with E-state index in [0.29, 0.717) is 23.4 Å². The lowest BCUT2D eigenvalue weighted by atomic mass is 10.0. The van der Waals surface area contributed by atoms with E-state index in [1.54, 1.807) is 13.1 Å². The van der Waals surface area contributed by atoms with Gasteiger partial charge in [0.2, 0.25) is 0 Å². The van der Waals surface area contributed by atoms with Gasteiger partial charge in [0.15, 0.2) is 0 Å². The highest BCUT2D eigenvalue weighted by molar-refractivity contribution is 7.90. The molecule has 0 aliphatic carbocycles. The third-order valence-corrected chi connectivity index (χ3v) is 3.96. The predicted molar refractivity (Wildman–Crippen MR) is 72.2 cm³/mol. The maximum absolute atomic E-state index is 13.7. The normalized spacial score (nSPS) is 13.6. The summed E-state index contributed by atoms with van der Waals surface area (Å²) in [5, 5.41) is 3.45. The van der Waals surface area contributed by atoms with E-state index in [2.05, 4.69) is 5.32 Å². The van der Waals surface area contributed by atoms with Crippen molar-refractivity contribution in [1.82, 2.24) is 5.32 Å². The standard InChI is InChI=1S/C12H17ClFNO2S/c1-15-12(4-3-7-18(2,16)17)10-8-9(13)5-6-11(10)14/h5-6,8,12,15H,3-4,7H2,1-2H3. The van der Waals surface area contributed by atoms with Crippen LogP contribution in [0.5, 0.6) is 0 Å². The van der Waals surface area contributed by atoms with E-state index in [0.717, 1.165) is 0 Å². The Bertz CT molecular complexity index is 505. The number of nitrogens with one attached hydrogen (secondary N) is 1. The lowest BCUT2D eigenvalue weighted by Crippen LogP contribution is -2.19. The minimum atomic E-state index is -2.98. The van der Waals surface area contributed by atoms with Crippen LogP contribution in [0, 0.1) is 5.82 Å². The molecule has 6 heteroatoms. The summed E-state index contributed by atoms with van der Waals surface area (Å²) >= 11 is 5.83. The van der Waals surface area contributed by atoms with Crippen molar-refractivity contribution in [3.63, 3.8) is 0 Å². The molecule has 0 aliphatic heterocycles. The van der Waals surface area contributed by atoms with Gasteiger partial charge in [0.05, 0.1) is 0 Å². The minimum absolute atomic E-state index is 0.105. The van der Waals surface area contributed by atoms with Gasteiger partial charge in [-0.15, -0.1) is 0 Å². The molecule has 3 nitrogen and oxygen atoms in total. The van der Waals surface area contributed by atoms with Crippen LogP contribution < -0.4 is 5.32 Å². The Hall–Kier alpha value is -0.650. The summed E-state index contributed by atoms with van der Waals surface area (Å²) in [6.07, 6.45) is 2.22. The third kappa shape index (κ3) is 4.92. The predicted octanol–water partition coefficient (Wildman–Crippen LogP) is 2.56. The van der Waals surface area contributed by atoms with Crippen LogP contribution in [-0.4, -0.2) is 27.5 Å². The van der Waals surface area contributed by atoms with Crippen molar-refractivity contribution in [3.8, 4) is 0 Å². The van der Waals surface area contributed by atoms with E-state index in [-0.39, 0.29) is 17.6 Å². The molecule has 1 rings (SSSR count). The number of benzene rings is 1. The molecule has 0 heterocycles. The third-order valence-electron chi connectivity index (χ3n) is 2.69. The van der Waals surface area contributed by atoms with Crippen LogP contribution in [0.1, 0.15) is 24.4 Å². The maximum atomic E-state index is 13.7. The molecule has 0 radical (unpaired) electrons. The summed E-state index contributed by atoms with van der Waals surface area (Å²) in [7, 11) is -1.26. The molecule has 102 valence electrons. The van der Waals surface area contributed by atoms with Crippen molar-refractivity contribution in [1.29, 1.82) is 0 Å². The minimum Gasteiger partial charge on any atom is -0.313 e. The summed E-state index contributed by atoms with van der Waals surface area (Å²) in [4.78, 5) is 0. The molecule has 1 aromatic rings. The van der Waals surface area contributed by atoms with Gasteiger partial charge in [0, 0.05) is 28.6 Å². The molecule has 18 heavy (non-hydrogen) atoms. The van der Waals surface area contributed by atoms with Gasteiger partial charge in [-0.1, -0.05) is 11.6 Å². The summed E-state index contributed by atoms with van der Waals surface area (Å²) in [5.41, 5.74) is 0.471. The summed E-state index contributed by atoms with van der Waals surface area (Å²) in [6.45, 7) is 0. The molecular weight excluding hydrogens is 277 g/mol. The van der Waals surface area contributed by atoms with E-state index >= 15 is 0 Å². The zero-order chi connectivity index (χ0) is 13.8. The topological polar surface area (TPSA) is 46.2 Å². The average Bonchev–Trinajstić information content (AvgIpc) is 2.27. The Balaban J connectivity index is 2.74. The Labute approximate surface area is 112 Å². The number of rotatable bonds is 6. The second-order valence-electron chi connectivity index (χ2n) is 4.28. The Morgan fingerprint density at radius 2 is 2.11 bits per heavy atom. The first kappa shape index (κ1) is 15.4. The summed E-state index contributed by atoms with van der Waals surface area (Å²) in [6, 6.07) is 4.14. The first-order valence-electron chi connectivity index (χ1n) is 5.63. The highest BCUT2D eigenvalue weighted by atomic mass is 35.5. The fourth-order valence-corrected chi connectivity index (χ4v) is 2.66. The van der Waals surface area contributed by atoms with Crippen LogP contribution in [0.4, 0.5) is 4.39 Å². The van der Waals surface area contributed by atoms with E-state index < -0.39 is 9.84 Å². The first-order valence-corrected chi connectivity index (χ1v) is 8.07. The molecule has 0 fully saturated rings. The largest absolute Gasteiger partial charge is 0.313 e. The van der Waals surface area contributed by atoms with Crippen molar-refractivity contribution in [2.75, 3.05) is 19.1 Å². The second kappa shape index (κ2) is 6.50. The molecule has 0 amide bonds. The van der Waals surface area contributed by atoms with Gasteiger partial charge in [-0.2, -0.15) is 0 Å². The van der Waals surface area contributed by atoms with Gasteiger partial charge in [-0.05, 0) is 38.1 Å². The molecule has 1 atom stereocenters. The number of sulfone groups is 1. The van der Waals surface area contributed by atoms with E-state index in [1.807, 2.05) is 0 Å². The summed E-state index contributed by atoms with van der Waals surface area (Å²) < 4.78 is 35.7. The number of halogens is 2. The Morgan fingerprint density at radius 3 is 2.67 bits per heavy atom. The molecule has 0 aliphatic rings. The second-order valence-corrected chi connectivity index (χ2v) is 6.98. The molecular formula is C12H17ClFNO2S. The van der Waals surface area contributed by atoms with Crippen LogP contribution in [-0.2, 0) is 9.84 Å². The quantitative estimate of drug-likeness (QED) is 0.877. The Morgan fingerprint density at radius 1 is 1.44 bits per heavy atom. The Kier molecular flexibility index (Phi) is 5.56. The average molecular weight is 294 g/mol. The van der Waals surface area contributed by atoms with Crippen molar-refractivity contribution < 1.29 is 12.8 Å². The maximum Gasteiger partial charge on any atom is 0.147 e. The lowest BCUT2D eigenvalue weighted by molar-refractivity contribution is 0.502. The fraction of sp³-hybridized carbons (Fsp3) is 0.500. The monoisotopic (exact) mass is 293 g/mol.